The number of nitrogens with one attached hydrogen (secondary N) is 1. The van der Waals surface area contributed by atoms with Crippen molar-refractivity contribution >= 4 is 11.8 Å². The second kappa shape index (κ2) is 3.80. The summed E-state index contributed by atoms with van der Waals surface area (Å²) in [7, 11) is 0. The lowest BCUT2D eigenvalue weighted by Crippen LogP contribution is -2.39. The molecule has 1 aromatic rings. The molecule has 0 aliphatic carbocycles. The molecule has 1 aromatic carbocycles. The lowest BCUT2D eigenvalue weighted by molar-refractivity contribution is 0.416. The van der Waals surface area contributed by atoms with Gasteiger partial charge in [0.2, 0.25) is 0 Å². The SMILES string of the molecule is N#Cc1cccc2c1CC1(CCNCC1)S2. The molecule has 0 radical (unpaired) electrons. The largest absolute Gasteiger partial charge is 0.317 e. The van der Waals surface area contributed by atoms with E-state index in [1.54, 1.807) is 0 Å². The minimum absolute atomic E-state index is 0.376. The van der Waals surface area contributed by atoms with E-state index in [1.165, 1.54) is 23.3 Å². The number of rotatable bonds is 0. The van der Waals surface area contributed by atoms with Gasteiger partial charge in [-0.15, -0.1) is 11.8 Å². The Labute approximate surface area is 100 Å². The predicted octanol–water partition coefficient (Wildman–Crippen LogP) is 2.33. The van der Waals surface area contributed by atoms with E-state index in [0.29, 0.717) is 4.75 Å². The third kappa shape index (κ3) is 1.53. The minimum atomic E-state index is 0.376. The molecule has 0 unspecified atom stereocenters. The molecule has 3 rings (SSSR count). The zero-order valence-corrected chi connectivity index (χ0v) is 9.94. The fourth-order valence-electron chi connectivity index (χ4n) is 2.70. The maximum atomic E-state index is 9.12. The Balaban J connectivity index is 1.97. The number of piperidine rings is 1. The van der Waals surface area contributed by atoms with Crippen molar-refractivity contribution in [1.29, 1.82) is 5.26 Å². The summed E-state index contributed by atoms with van der Waals surface area (Å²) in [6.45, 7) is 2.23. The number of benzene rings is 1. The van der Waals surface area contributed by atoms with Gasteiger partial charge >= 0.3 is 0 Å². The van der Waals surface area contributed by atoms with Crippen molar-refractivity contribution in [3.63, 3.8) is 0 Å². The maximum absolute atomic E-state index is 9.12. The highest BCUT2D eigenvalue weighted by atomic mass is 32.2. The van der Waals surface area contributed by atoms with Crippen molar-refractivity contribution in [2.45, 2.75) is 28.9 Å². The number of nitriles is 1. The zero-order chi connectivity index (χ0) is 11.0. The smallest absolute Gasteiger partial charge is 0.0994 e. The van der Waals surface area contributed by atoms with Crippen molar-refractivity contribution in [2.24, 2.45) is 0 Å². The van der Waals surface area contributed by atoms with Crippen molar-refractivity contribution in [3.05, 3.63) is 29.3 Å². The van der Waals surface area contributed by atoms with Gasteiger partial charge in [-0.25, -0.2) is 0 Å². The fraction of sp³-hybridized carbons (Fsp3) is 0.462. The Morgan fingerprint density at radius 2 is 2.12 bits per heavy atom. The Morgan fingerprint density at radius 3 is 2.88 bits per heavy atom. The maximum Gasteiger partial charge on any atom is 0.0994 e. The Bertz CT molecular complexity index is 455. The van der Waals surface area contributed by atoms with Crippen LogP contribution in [0, 0.1) is 11.3 Å². The predicted molar refractivity (Wildman–Crippen MR) is 65.6 cm³/mol. The molecule has 0 atom stereocenters. The van der Waals surface area contributed by atoms with Gasteiger partial charge in [-0.05, 0) is 50.0 Å². The third-order valence-electron chi connectivity index (χ3n) is 3.59. The second-order valence-electron chi connectivity index (χ2n) is 4.61. The van der Waals surface area contributed by atoms with Gasteiger partial charge in [0.25, 0.3) is 0 Å². The summed E-state index contributed by atoms with van der Waals surface area (Å²) in [6.07, 6.45) is 3.52. The summed E-state index contributed by atoms with van der Waals surface area (Å²) in [5.41, 5.74) is 2.16. The fourth-order valence-corrected chi connectivity index (χ4v) is 4.24. The molecule has 0 bridgehead atoms. The van der Waals surface area contributed by atoms with Crippen LogP contribution in [0.1, 0.15) is 24.0 Å². The molecule has 3 heteroatoms. The van der Waals surface area contributed by atoms with Crippen LogP contribution in [-0.4, -0.2) is 17.8 Å². The monoisotopic (exact) mass is 230 g/mol. The van der Waals surface area contributed by atoms with Gasteiger partial charge in [0.15, 0.2) is 0 Å². The average molecular weight is 230 g/mol. The number of hydrogen-bond donors (Lipinski definition) is 1. The number of fused-ring (bicyclic) bond motifs is 1. The Hall–Kier alpha value is -0.980. The van der Waals surface area contributed by atoms with Gasteiger partial charge in [-0.2, -0.15) is 5.26 Å². The highest BCUT2D eigenvalue weighted by molar-refractivity contribution is 8.01. The van der Waals surface area contributed by atoms with Gasteiger partial charge in [0.1, 0.15) is 0 Å². The lowest BCUT2D eigenvalue weighted by Gasteiger charge is -2.32. The van der Waals surface area contributed by atoms with Crippen molar-refractivity contribution < 1.29 is 0 Å². The summed E-state index contributed by atoms with van der Waals surface area (Å²) in [5.74, 6) is 0. The van der Waals surface area contributed by atoms with Crippen molar-refractivity contribution in [1.82, 2.24) is 5.32 Å². The summed E-state index contributed by atoms with van der Waals surface area (Å²) in [4.78, 5) is 1.33. The van der Waals surface area contributed by atoms with Crippen LogP contribution < -0.4 is 5.32 Å². The molecule has 2 nitrogen and oxygen atoms in total. The van der Waals surface area contributed by atoms with Crippen LogP contribution in [-0.2, 0) is 6.42 Å². The molecule has 82 valence electrons. The molecule has 16 heavy (non-hydrogen) atoms. The van der Waals surface area contributed by atoms with Gasteiger partial charge in [-0.1, -0.05) is 6.07 Å². The molecular weight excluding hydrogens is 216 g/mol. The second-order valence-corrected chi connectivity index (χ2v) is 6.12. The lowest BCUT2D eigenvalue weighted by atomic mass is 9.89. The van der Waals surface area contributed by atoms with Gasteiger partial charge < -0.3 is 5.32 Å². The average Bonchev–Trinajstić information content (AvgIpc) is 2.67. The third-order valence-corrected chi connectivity index (χ3v) is 5.18. The topological polar surface area (TPSA) is 35.8 Å². The molecule has 2 aliphatic heterocycles. The molecular formula is C13H14N2S. The first-order valence-corrected chi connectivity index (χ1v) is 6.56. The zero-order valence-electron chi connectivity index (χ0n) is 9.12. The highest BCUT2D eigenvalue weighted by Gasteiger charge is 2.39. The van der Waals surface area contributed by atoms with E-state index in [9.17, 15) is 0 Å². The molecule has 2 aliphatic rings. The molecule has 0 saturated carbocycles. The molecule has 1 saturated heterocycles. The number of nitrogens with zero attached hydrogens (tertiary/aromatic N) is 1. The van der Waals surface area contributed by atoms with E-state index in [0.717, 1.165) is 25.1 Å². The van der Waals surface area contributed by atoms with Gasteiger partial charge in [-0.3, -0.25) is 0 Å². The van der Waals surface area contributed by atoms with E-state index in [-0.39, 0.29) is 0 Å². The molecule has 0 amide bonds. The standard InChI is InChI=1S/C13H14N2S/c14-9-10-2-1-3-12-11(10)8-13(16-12)4-6-15-7-5-13/h1-3,15H,4-8H2. The van der Waals surface area contributed by atoms with Gasteiger partial charge in [0, 0.05) is 9.64 Å². The molecule has 1 fully saturated rings. The van der Waals surface area contributed by atoms with Crippen LogP contribution in [0.5, 0.6) is 0 Å². The quantitative estimate of drug-likeness (QED) is 0.743. The molecule has 2 heterocycles. The molecule has 1 spiro atoms. The van der Waals surface area contributed by atoms with Crippen LogP contribution in [0.3, 0.4) is 0 Å². The van der Waals surface area contributed by atoms with Crippen LogP contribution in [0.4, 0.5) is 0 Å². The Morgan fingerprint density at radius 1 is 1.31 bits per heavy atom. The van der Waals surface area contributed by atoms with Gasteiger partial charge in [0.05, 0.1) is 11.6 Å². The van der Waals surface area contributed by atoms with Crippen molar-refractivity contribution in [3.8, 4) is 6.07 Å². The first kappa shape index (κ1) is 10.2. The normalized spacial score (nSPS) is 21.7. The van der Waals surface area contributed by atoms with Crippen LogP contribution in [0.2, 0.25) is 0 Å². The molecule has 0 aromatic heterocycles. The van der Waals surface area contributed by atoms with Crippen LogP contribution >= 0.6 is 11.8 Å². The summed E-state index contributed by atoms with van der Waals surface area (Å²) >= 11 is 2.00. The van der Waals surface area contributed by atoms with E-state index in [4.69, 9.17) is 5.26 Å². The van der Waals surface area contributed by atoms with E-state index in [1.807, 2.05) is 23.9 Å². The van der Waals surface area contributed by atoms with Crippen molar-refractivity contribution in [2.75, 3.05) is 13.1 Å². The summed E-state index contributed by atoms with van der Waals surface area (Å²) in [5, 5.41) is 12.5. The van der Waals surface area contributed by atoms with Crippen LogP contribution in [0.15, 0.2) is 23.1 Å². The first-order valence-electron chi connectivity index (χ1n) is 5.75. The number of thioether (sulfide) groups is 1. The van der Waals surface area contributed by atoms with E-state index in [2.05, 4.69) is 17.5 Å². The van der Waals surface area contributed by atoms with E-state index < -0.39 is 0 Å². The number of hydrogen-bond acceptors (Lipinski definition) is 3. The highest BCUT2D eigenvalue weighted by Crippen LogP contribution is 2.50. The minimum Gasteiger partial charge on any atom is -0.317 e. The Kier molecular flexibility index (Phi) is 2.42. The van der Waals surface area contributed by atoms with E-state index >= 15 is 0 Å². The first-order chi connectivity index (χ1) is 7.83. The molecule has 1 N–H and O–H groups in total. The summed E-state index contributed by atoms with van der Waals surface area (Å²) in [6, 6.07) is 8.43. The van der Waals surface area contributed by atoms with Crippen LogP contribution in [0.25, 0.3) is 0 Å². The summed E-state index contributed by atoms with van der Waals surface area (Å²) < 4.78 is 0.376.